The van der Waals surface area contributed by atoms with Gasteiger partial charge in [0.15, 0.2) is 5.96 Å². The van der Waals surface area contributed by atoms with E-state index in [0.717, 1.165) is 25.3 Å². The van der Waals surface area contributed by atoms with Crippen LogP contribution in [0.1, 0.15) is 40.0 Å². The normalized spacial score (nSPS) is 12.3. The zero-order chi connectivity index (χ0) is 13.1. The summed E-state index contributed by atoms with van der Waals surface area (Å²) in [5, 5.41) is 6.42. The van der Waals surface area contributed by atoms with Gasteiger partial charge in [-0.2, -0.15) is 0 Å². The lowest BCUT2D eigenvalue weighted by Gasteiger charge is -2.16. The van der Waals surface area contributed by atoms with E-state index in [-0.39, 0.29) is 29.9 Å². The number of nitrogens with zero attached hydrogens (tertiary/aromatic N) is 1. The Kier molecular flexibility index (Phi) is 14.2. The number of nitrogens with one attached hydrogen (secondary N) is 2. The molecular weight excluding hydrogens is 345 g/mol. The minimum atomic E-state index is -0.140. The minimum absolute atomic E-state index is 0. The highest BCUT2D eigenvalue weighted by Gasteiger charge is 2.03. The summed E-state index contributed by atoms with van der Waals surface area (Å²) in [5.41, 5.74) is 0. The third kappa shape index (κ3) is 10.6. The maximum Gasteiger partial charge on any atom is 0.305 e. The molecular formula is C12H26IN3O2. The Morgan fingerprint density at radius 3 is 2.56 bits per heavy atom. The lowest BCUT2D eigenvalue weighted by molar-refractivity contribution is -0.143. The van der Waals surface area contributed by atoms with E-state index in [1.807, 2.05) is 6.92 Å². The SMILES string of the molecule is CCOC(=O)CCCNC(=NC)NC(C)CC.I. The molecule has 5 nitrogen and oxygen atoms in total. The number of esters is 1. The molecule has 2 N–H and O–H groups in total. The van der Waals surface area contributed by atoms with E-state index in [0.29, 0.717) is 19.1 Å². The predicted molar refractivity (Wildman–Crippen MR) is 85.5 cm³/mol. The van der Waals surface area contributed by atoms with Crippen molar-refractivity contribution in [3.63, 3.8) is 0 Å². The molecule has 1 unspecified atom stereocenters. The lowest BCUT2D eigenvalue weighted by Crippen LogP contribution is -2.42. The second kappa shape index (κ2) is 12.9. The number of carbonyl (C=O) groups excluding carboxylic acids is 1. The monoisotopic (exact) mass is 371 g/mol. The topological polar surface area (TPSA) is 62.7 Å². The molecule has 0 amide bonds. The van der Waals surface area contributed by atoms with Gasteiger partial charge in [-0.15, -0.1) is 24.0 Å². The molecule has 0 aliphatic heterocycles. The van der Waals surface area contributed by atoms with Crippen LogP contribution < -0.4 is 10.6 Å². The van der Waals surface area contributed by atoms with E-state index in [2.05, 4.69) is 29.5 Å². The van der Waals surface area contributed by atoms with Crippen LogP contribution >= 0.6 is 24.0 Å². The number of ether oxygens (including phenoxy) is 1. The van der Waals surface area contributed by atoms with Crippen LogP contribution in [0, 0.1) is 0 Å². The number of aliphatic imine (C=N–C) groups is 1. The first-order chi connectivity index (χ1) is 8.13. The van der Waals surface area contributed by atoms with Crippen LogP contribution in [0.2, 0.25) is 0 Å². The average molecular weight is 371 g/mol. The molecule has 0 aliphatic carbocycles. The van der Waals surface area contributed by atoms with E-state index in [9.17, 15) is 4.79 Å². The number of guanidine groups is 1. The molecule has 108 valence electrons. The van der Waals surface area contributed by atoms with Crippen molar-refractivity contribution < 1.29 is 9.53 Å². The van der Waals surface area contributed by atoms with Crippen LogP contribution in [0.4, 0.5) is 0 Å². The summed E-state index contributed by atoms with van der Waals surface area (Å²) in [6.45, 7) is 7.20. The van der Waals surface area contributed by atoms with E-state index in [4.69, 9.17) is 4.74 Å². The highest BCUT2D eigenvalue weighted by Crippen LogP contribution is 1.92. The fraction of sp³-hybridized carbons (Fsp3) is 0.833. The zero-order valence-corrected chi connectivity index (χ0v) is 14.1. The van der Waals surface area contributed by atoms with E-state index < -0.39 is 0 Å². The van der Waals surface area contributed by atoms with Crippen LogP contribution in [-0.4, -0.2) is 38.2 Å². The molecule has 0 aromatic heterocycles. The number of carbonyl (C=O) groups is 1. The van der Waals surface area contributed by atoms with Crippen molar-refractivity contribution in [2.24, 2.45) is 4.99 Å². The average Bonchev–Trinajstić information content (AvgIpc) is 2.33. The predicted octanol–water partition coefficient (Wildman–Crippen LogP) is 1.91. The molecule has 0 aromatic carbocycles. The minimum Gasteiger partial charge on any atom is -0.466 e. The second-order valence-corrected chi connectivity index (χ2v) is 3.86. The van der Waals surface area contributed by atoms with Crippen molar-refractivity contribution in [1.29, 1.82) is 0 Å². The highest BCUT2D eigenvalue weighted by molar-refractivity contribution is 14.0. The number of rotatable bonds is 7. The van der Waals surface area contributed by atoms with Gasteiger partial charge in [-0.05, 0) is 26.7 Å². The maximum atomic E-state index is 11.1. The third-order valence-corrected chi connectivity index (χ3v) is 2.37. The Morgan fingerprint density at radius 2 is 2.06 bits per heavy atom. The summed E-state index contributed by atoms with van der Waals surface area (Å²) in [6.07, 6.45) is 2.24. The molecule has 0 aliphatic rings. The highest BCUT2D eigenvalue weighted by atomic mass is 127. The van der Waals surface area contributed by atoms with Crippen LogP contribution in [-0.2, 0) is 9.53 Å². The first-order valence-electron chi connectivity index (χ1n) is 6.26. The van der Waals surface area contributed by atoms with E-state index in [1.165, 1.54) is 0 Å². The van der Waals surface area contributed by atoms with Crippen molar-refractivity contribution in [2.45, 2.75) is 46.1 Å². The largest absolute Gasteiger partial charge is 0.466 e. The summed E-state index contributed by atoms with van der Waals surface area (Å²) < 4.78 is 4.84. The van der Waals surface area contributed by atoms with E-state index >= 15 is 0 Å². The van der Waals surface area contributed by atoms with Crippen molar-refractivity contribution in [1.82, 2.24) is 10.6 Å². The number of hydrogen-bond acceptors (Lipinski definition) is 3. The van der Waals surface area contributed by atoms with Crippen molar-refractivity contribution >= 4 is 35.9 Å². The number of halogens is 1. The summed E-state index contributed by atoms with van der Waals surface area (Å²) in [5.74, 6) is 0.641. The Balaban J connectivity index is 0. The molecule has 6 heteroatoms. The van der Waals surface area contributed by atoms with Gasteiger partial charge in [-0.3, -0.25) is 9.79 Å². The Hall–Kier alpha value is -0.530. The van der Waals surface area contributed by atoms with Gasteiger partial charge < -0.3 is 15.4 Å². The molecule has 0 spiro atoms. The fourth-order valence-corrected chi connectivity index (χ4v) is 1.20. The molecule has 0 rings (SSSR count). The molecule has 0 aromatic rings. The standard InChI is InChI=1S/C12H25N3O2.HI/c1-5-10(3)15-12(13-4)14-9-7-8-11(16)17-6-2;/h10H,5-9H2,1-4H3,(H2,13,14,15);1H. The summed E-state index contributed by atoms with van der Waals surface area (Å²) >= 11 is 0. The van der Waals surface area contributed by atoms with Gasteiger partial charge in [-0.25, -0.2) is 0 Å². The Bertz CT molecular complexity index is 247. The van der Waals surface area contributed by atoms with Gasteiger partial charge in [0.2, 0.25) is 0 Å². The van der Waals surface area contributed by atoms with Crippen LogP contribution in [0.25, 0.3) is 0 Å². The van der Waals surface area contributed by atoms with E-state index in [1.54, 1.807) is 7.05 Å². The molecule has 18 heavy (non-hydrogen) atoms. The van der Waals surface area contributed by atoms with Crippen LogP contribution in [0.15, 0.2) is 4.99 Å². The molecule has 0 heterocycles. The molecule has 1 atom stereocenters. The molecule has 0 saturated heterocycles. The van der Waals surface area contributed by atoms with Gasteiger partial charge in [0, 0.05) is 26.1 Å². The molecule has 0 fully saturated rings. The Morgan fingerprint density at radius 1 is 1.39 bits per heavy atom. The van der Waals surface area contributed by atoms with Crippen LogP contribution in [0.3, 0.4) is 0 Å². The maximum absolute atomic E-state index is 11.1. The second-order valence-electron chi connectivity index (χ2n) is 3.86. The van der Waals surface area contributed by atoms with Crippen LogP contribution in [0.5, 0.6) is 0 Å². The summed E-state index contributed by atoms with van der Waals surface area (Å²) in [4.78, 5) is 15.2. The smallest absolute Gasteiger partial charge is 0.305 e. The quantitative estimate of drug-likeness (QED) is 0.236. The first kappa shape index (κ1) is 19.8. The van der Waals surface area contributed by atoms with Gasteiger partial charge in [0.1, 0.15) is 0 Å². The number of hydrogen-bond donors (Lipinski definition) is 2. The lowest BCUT2D eigenvalue weighted by atomic mass is 10.3. The van der Waals surface area contributed by atoms with Crippen molar-refractivity contribution in [3.05, 3.63) is 0 Å². The zero-order valence-electron chi connectivity index (χ0n) is 11.8. The van der Waals surface area contributed by atoms with Crippen molar-refractivity contribution in [3.8, 4) is 0 Å². The molecule has 0 radical (unpaired) electrons. The summed E-state index contributed by atoms with van der Waals surface area (Å²) in [6, 6.07) is 0.395. The fourth-order valence-electron chi connectivity index (χ4n) is 1.20. The van der Waals surface area contributed by atoms with Gasteiger partial charge in [0.25, 0.3) is 0 Å². The van der Waals surface area contributed by atoms with Gasteiger partial charge >= 0.3 is 5.97 Å². The summed E-state index contributed by atoms with van der Waals surface area (Å²) in [7, 11) is 1.74. The third-order valence-electron chi connectivity index (χ3n) is 2.37. The Labute approximate surface area is 127 Å². The van der Waals surface area contributed by atoms with Gasteiger partial charge in [-0.1, -0.05) is 6.92 Å². The van der Waals surface area contributed by atoms with Gasteiger partial charge in [0.05, 0.1) is 6.61 Å². The molecule has 0 bridgehead atoms. The van der Waals surface area contributed by atoms with Crippen molar-refractivity contribution in [2.75, 3.05) is 20.2 Å². The first-order valence-corrected chi connectivity index (χ1v) is 6.26. The molecule has 0 saturated carbocycles.